The van der Waals surface area contributed by atoms with Gasteiger partial charge in [-0.1, -0.05) is 6.07 Å². The van der Waals surface area contributed by atoms with Gasteiger partial charge in [-0.2, -0.15) is 0 Å². The predicted octanol–water partition coefficient (Wildman–Crippen LogP) is 3.33. The van der Waals surface area contributed by atoms with Crippen LogP contribution >= 0.6 is 11.3 Å². The quantitative estimate of drug-likeness (QED) is 0.387. The molecular weight excluding hydrogens is 458 g/mol. The van der Waals surface area contributed by atoms with Crippen molar-refractivity contribution in [2.45, 2.75) is 11.3 Å². The summed E-state index contributed by atoms with van der Waals surface area (Å²) in [5.41, 5.74) is 1.32. The van der Waals surface area contributed by atoms with Crippen LogP contribution in [0, 0.1) is 5.92 Å². The van der Waals surface area contributed by atoms with E-state index in [0.29, 0.717) is 29.0 Å². The predicted molar refractivity (Wildman–Crippen MR) is 131 cm³/mol. The van der Waals surface area contributed by atoms with Gasteiger partial charge in [0.2, 0.25) is 5.95 Å². The summed E-state index contributed by atoms with van der Waals surface area (Å²) < 4.78 is 24.7. The Labute approximate surface area is 195 Å². The van der Waals surface area contributed by atoms with E-state index in [1.54, 1.807) is 30.5 Å². The van der Waals surface area contributed by atoms with E-state index in [0.717, 1.165) is 40.5 Å². The number of amides is 1. The van der Waals surface area contributed by atoms with Gasteiger partial charge in [0.1, 0.15) is 0 Å². The van der Waals surface area contributed by atoms with Crippen molar-refractivity contribution >= 4 is 59.7 Å². The van der Waals surface area contributed by atoms with Gasteiger partial charge in [0, 0.05) is 40.2 Å². The molecule has 1 aliphatic rings. The first-order chi connectivity index (χ1) is 15.9. The molecule has 1 atom stereocenters. The van der Waals surface area contributed by atoms with Crippen molar-refractivity contribution in [3.63, 3.8) is 0 Å². The zero-order valence-electron chi connectivity index (χ0n) is 18.0. The summed E-state index contributed by atoms with van der Waals surface area (Å²) in [6, 6.07) is 12.3. The van der Waals surface area contributed by atoms with Crippen LogP contribution in [0.1, 0.15) is 16.1 Å². The van der Waals surface area contributed by atoms with Crippen molar-refractivity contribution in [1.29, 1.82) is 0 Å². The Balaban J connectivity index is 1.43. The number of rotatable bonds is 6. The average molecular weight is 482 g/mol. The molecule has 2 aromatic heterocycles. The first-order valence-electron chi connectivity index (χ1n) is 10.6. The largest absolute Gasteiger partial charge is 0.351 e. The fraction of sp³-hybridized carbons (Fsp3) is 0.261. The van der Waals surface area contributed by atoms with Crippen LogP contribution in [0.15, 0.2) is 53.6 Å². The highest BCUT2D eigenvalue weighted by atomic mass is 32.2. The summed E-state index contributed by atoms with van der Waals surface area (Å²) >= 11 is 1.44. The topological polar surface area (TPSA) is 113 Å². The number of nitrogens with zero attached hydrogens (tertiary/aromatic N) is 2. The van der Waals surface area contributed by atoms with Crippen molar-refractivity contribution in [3.05, 3.63) is 53.5 Å². The molecule has 1 unspecified atom stereocenters. The first kappa shape index (κ1) is 21.7. The van der Waals surface area contributed by atoms with Crippen molar-refractivity contribution in [1.82, 2.24) is 20.6 Å². The number of anilines is 2. The van der Waals surface area contributed by atoms with E-state index in [9.17, 15) is 13.2 Å². The van der Waals surface area contributed by atoms with Crippen molar-refractivity contribution in [2.24, 2.45) is 5.92 Å². The number of fused-ring (bicyclic) bond motifs is 3. The third kappa shape index (κ3) is 4.68. The number of sulfone groups is 1. The molecular formula is C23H23N5O3S2. The summed E-state index contributed by atoms with van der Waals surface area (Å²) in [5.74, 6) is 0.763. The maximum absolute atomic E-state index is 12.7. The maximum atomic E-state index is 12.7. The summed E-state index contributed by atoms with van der Waals surface area (Å²) in [4.78, 5) is 22.6. The van der Waals surface area contributed by atoms with Gasteiger partial charge in [-0.3, -0.25) is 4.79 Å². The smallest absolute Gasteiger partial charge is 0.261 e. The standard InChI is InChI=1S/C23H23N5O3S2/c1-33(30,31)17-4-2-3-16(9-17)27-23-26-13-15-5-6-19-18(21(15)28-23)10-20(32-19)22(29)25-12-14-7-8-24-11-14/h2-6,9-10,13-14,24H,7-8,11-12H2,1H3,(H,25,29)(H,26,27,28). The van der Waals surface area contributed by atoms with E-state index in [1.165, 1.54) is 17.6 Å². The highest BCUT2D eigenvalue weighted by molar-refractivity contribution is 7.90. The normalized spacial score (nSPS) is 16.3. The number of carbonyl (C=O) groups excluding carboxylic acids is 1. The summed E-state index contributed by atoms with van der Waals surface area (Å²) in [6.45, 7) is 2.62. The maximum Gasteiger partial charge on any atom is 0.261 e. The second-order valence-electron chi connectivity index (χ2n) is 8.21. The Bertz CT molecular complexity index is 1460. The number of carbonyl (C=O) groups is 1. The minimum absolute atomic E-state index is 0.0683. The molecule has 33 heavy (non-hydrogen) atoms. The van der Waals surface area contributed by atoms with Crippen molar-refractivity contribution < 1.29 is 13.2 Å². The van der Waals surface area contributed by atoms with E-state index < -0.39 is 9.84 Å². The van der Waals surface area contributed by atoms with Crippen LogP contribution in [0.4, 0.5) is 11.6 Å². The molecule has 3 N–H and O–H groups in total. The van der Waals surface area contributed by atoms with Gasteiger partial charge in [-0.25, -0.2) is 18.4 Å². The number of benzene rings is 2. The zero-order chi connectivity index (χ0) is 23.0. The van der Waals surface area contributed by atoms with Gasteiger partial charge in [-0.15, -0.1) is 11.3 Å². The van der Waals surface area contributed by atoms with E-state index in [-0.39, 0.29) is 10.8 Å². The lowest BCUT2D eigenvalue weighted by atomic mass is 10.1. The molecule has 0 spiro atoms. The highest BCUT2D eigenvalue weighted by Crippen LogP contribution is 2.32. The van der Waals surface area contributed by atoms with Crippen LogP contribution < -0.4 is 16.0 Å². The number of hydrogen-bond acceptors (Lipinski definition) is 8. The Hall–Kier alpha value is -3.08. The highest BCUT2D eigenvalue weighted by Gasteiger charge is 2.18. The monoisotopic (exact) mass is 481 g/mol. The van der Waals surface area contributed by atoms with Gasteiger partial charge in [-0.05, 0) is 61.8 Å². The third-order valence-corrected chi connectivity index (χ3v) is 7.91. The van der Waals surface area contributed by atoms with E-state index in [2.05, 4.69) is 25.9 Å². The lowest BCUT2D eigenvalue weighted by molar-refractivity contribution is 0.0952. The summed E-state index contributed by atoms with van der Waals surface area (Å²) in [5, 5.41) is 11.2. The van der Waals surface area contributed by atoms with Gasteiger partial charge < -0.3 is 16.0 Å². The van der Waals surface area contributed by atoms with Crippen LogP contribution in [0.25, 0.3) is 21.0 Å². The van der Waals surface area contributed by atoms with E-state index >= 15 is 0 Å². The van der Waals surface area contributed by atoms with Crippen molar-refractivity contribution in [2.75, 3.05) is 31.2 Å². The first-order valence-corrected chi connectivity index (χ1v) is 13.3. The van der Waals surface area contributed by atoms with Gasteiger partial charge >= 0.3 is 0 Å². The van der Waals surface area contributed by atoms with Gasteiger partial charge in [0.15, 0.2) is 9.84 Å². The van der Waals surface area contributed by atoms with Gasteiger partial charge in [0.05, 0.1) is 15.3 Å². The number of aromatic nitrogens is 2. The van der Waals surface area contributed by atoms with Crippen LogP contribution in [-0.2, 0) is 9.84 Å². The lowest BCUT2D eigenvalue weighted by Gasteiger charge is -2.08. The fourth-order valence-corrected chi connectivity index (χ4v) is 5.57. The molecule has 1 saturated heterocycles. The number of thiophene rings is 1. The van der Waals surface area contributed by atoms with E-state index in [1.807, 2.05) is 18.2 Å². The Morgan fingerprint density at radius 1 is 1.24 bits per heavy atom. The molecule has 8 nitrogen and oxygen atoms in total. The minimum Gasteiger partial charge on any atom is -0.351 e. The zero-order valence-corrected chi connectivity index (χ0v) is 19.6. The molecule has 1 amide bonds. The fourth-order valence-electron chi connectivity index (χ4n) is 3.93. The molecule has 1 aliphatic heterocycles. The minimum atomic E-state index is -3.32. The average Bonchev–Trinajstić information content (AvgIpc) is 3.47. The number of nitrogens with one attached hydrogen (secondary N) is 3. The Morgan fingerprint density at radius 2 is 2.12 bits per heavy atom. The molecule has 1 fully saturated rings. The van der Waals surface area contributed by atoms with Crippen LogP contribution in [0.5, 0.6) is 0 Å². The molecule has 0 saturated carbocycles. The molecule has 2 aromatic carbocycles. The molecule has 4 aromatic rings. The molecule has 0 aliphatic carbocycles. The van der Waals surface area contributed by atoms with Crippen LogP contribution in [-0.4, -0.2) is 50.2 Å². The molecule has 10 heteroatoms. The van der Waals surface area contributed by atoms with Crippen molar-refractivity contribution in [3.8, 4) is 0 Å². The van der Waals surface area contributed by atoms with E-state index in [4.69, 9.17) is 0 Å². The summed E-state index contributed by atoms with van der Waals surface area (Å²) in [6.07, 6.45) is 3.97. The SMILES string of the molecule is CS(=O)(=O)c1cccc(Nc2ncc3ccc4sc(C(=O)NCC5CCNC5)cc4c3n2)c1. The van der Waals surface area contributed by atoms with Crippen LogP contribution in [0.3, 0.4) is 0 Å². The molecule has 0 radical (unpaired) electrons. The lowest BCUT2D eigenvalue weighted by Crippen LogP contribution is -2.29. The molecule has 0 bridgehead atoms. The van der Waals surface area contributed by atoms with Gasteiger partial charge in [0.25, 0.3) is 5.91 Å². The Morgan fingerprint density at radius 3 is 2.91 bits per heavy atom. The molecule has 170 valence electrons. The second kappa shape index (κ2) is 8.69. The number of hydrogen-bond donors (Lipinski definition) is 3. The molecule has 5 rings (SSSR count). The summed E-state index contributed by atoms with van der Waals surface area (Å²) in [7, 11) is -3.32. The third-order valence-electron chi connectivity index (χ3n) is 5.70. The second-order valence-corrected chi connectivity index (χ2v) is 11.3. The van der Waals surface area contributed by atoms with Crippen LogP contribution in [0.2, 0.25) is 0 Å². The Kier molecular flexibility index (Phi) is 5.73. The molecule has 3 heterocycles.